The average Bonchev–Trinajstić information content (AvgIpc) is 2.82. The van der Waals surface area contributed by atoms with Crippen LogP contribution in [0.15, 0.2) is 42.5 Å². The lowest BCUT2D eigenvalue weighted by Gasteiger charge is -2.36. The highest BCUT2D eigenvalue weighted by Crippen LogP contribution is 2.27. The third-order valence-corrected chi connectivity index (χ3v) is 5.61. The number of rotatable bonds is 10. The Morgan fingerprint density at radius 3 is 2.62 bits per heavy atom. The van der Waals surface area contributed by atoms with E-state index in [1.54, 1.807) is 18.2 Å². The van der Waals surface area contributed by atoms with Crippen LogP contribution >= 0.6 is 0 Å². The van der Waals surface area contributed by atoms with Crippen molar-refractivity contribution in [2.75, 3.05) is 57.9 Å². The van der Waals surface area contributed by atoms with Crippen molar-refractivity contribution in [1.29, 1.82) is 5.26 Å². The van der Waals surface area contributed by atoms with Gasteiger partial charge in [-0.25, -0.2) is 0 Å². The largest absolute Gasteiger partial charge is 0.493 e. The summed E-state index contributed by atoms with van der Waals surface area (Å²) in [6, 6.07) is 15.6. The lowest BCUT2D eigenvalue weighted by molar-refractivity contribution is -0.123. The van der Waals surface area contributed by atoms with Gasteiger partial charge in [0.05, 0.1) is 18.7 Å². The van der Waals surface area contributed by atoms with E-state index in [0.29, 0.717) is 23.6 Å². The van der Waals surface area contributed by atoms with Crippen LogP contribution in [-0.2, 0) is 4.79 Å². The van der Waals surface area contributed by atoms with Gasteiger partial charge in [-0.3, -0.25) is 9.69 Å². The second kappa shape index (κ2) is 12.0. The van der Waals surface area contributed by atoms with E-state index in [9.17, 15) is 4.79 Å². The Labute approximate surface area is 190 Å². The summed E-state index contributed by atoms with van der Waals surface area (Å²) < 4.78 is 10.7. The lowest BCUT2D eigenvalue weighted by atomic mass is 10.2. The van der Waals surface area contributed by atoms with Crippen LogP contribution < -0.4 is 19.7 Å². The fraction of sp³-hybridized carbons (Fsp3) is 0.440. The number of nitrogens with zero attached hydrogens (tertiary/aromatic N) is 3. The molecule has 0 saturated carbocycles. The number of nitrogens with one attached hydrogen (secondary N) is 1. The van der Waals surface area contributed by atoms with Gasteiger partial charge in [-0.1, -0.05) is 12.1 Å². The molecule has 2 aromatic rings. The van der Waals surface area contributed by atoms with Gasteiger partial charge in [-0.05, 0) is 56.1 Å². The molecule has 1 amide bonds. The number of nitriles is 1. The number of ether oxygens (including phenoxy) is 2. The van der Waals surface area contributed by atoms with Crippen molar-refractivity contribution in [2.45, 2.75) is 19.8 Å². The van der Waals surface area contributed by atoms with E-state index in [-0.39, 0.29) is 12.5 Å². The Kier molecular flexibility index (Phi) is 8.76. The van der Waals surface area contributed by atoms with Gasteiger partial charge in [0.1, 0.15) is 0 Å². The molecular weight excluding hydrogens is 404 g/mol. The number of carbonyl (C=O) groups excluding carboxylic acids is 1. The quantitative estimate of drug-likeness (QED) is 0.577. The van der Waals surface area contributed by atoms with Crippen molar-refractivity contribution in [2.24, 2.45) is 0 Å². The molecule has 1 N–H and O–H groups in total. The summed E-state index contributed by atoms with van der Waals surface area (Å²) in [5, 5.41) is 11.8. The molecule has 0 unspecified atom stereocenters. The van der Waals surface area contributed by atoms with Crippen molar-refractivity contribution in [3.8, 4) is 17.6 Å². The molecule has 7 heteroatoms. The Hall–Kier alpha value is -3.24. The van der Waals surface area contributed by atoms with Gasteiger partial charge in [0.15, 0.2) is 18.1 Å². The molecule has 3 rings (SSSR count). The summed E-state index contributed by atoms with van der Waals surface area (Å²) in [6.07, 6.45) is 1.99. The van der Waals surface area contributed by atoms with Crippen LogP contribution in [-0.4, -0.2) is 63.8 Å². The maximum atomic E-state index is 12.1. The van der Waals surface area contributed by atoms with E-state index in [0.717, 1.165) is 45.6 Å². The smallest absolute Gasteiger partial charge is 0.257 e. The molecule has 0 aliphatic carbocycles. The van der Waals surface area contributed by atoms with Crippen LogP contribution in [0.1, 0.15) is 24.0 Å². The molecular formula is C25H32N4O3. The van der Waals surface area contributed by atoms with Crippen LogP contribution in [0.3, 0.4) is 0 Å². The van der Waals surface area contributed by atoms with E-state index >= 15 is 0 Å². The Bertz CT molecular complexity index is 933. The minimum Gasteiger partial charge on any atom is -0.493 e. The zero-order valence-electron chi connectivity index (χ0n) is 19.0. The normalized spacial score (nSPS) is 14.0. The second-order valence-corrected chi connectivity index (χ2v) is 7.99. The Morgan fingerprint density at radius 2 is 1.91 bits per heavy atom. The molecule has 32 heavy (non-hydrogen) atoms. The van der Waals surface area contributed by atoms with Crippen molar-refractivity contribution in [1.82, 2.24) is 10.2 Å². The van der Waals surface area contributed by atoms with Crippen LogP contribution in [0.25, 0.3) is 0 Å². The maximum absolute atomic E-state index is 12.1. The van der Waals surface area contributed by atoms with Crippen molar-refractivity contribution < 1.29 is 14.3 Å². The van der Waals surface area contributed by atoms with Crippen LogP contribution in [0.2, 0.25) is 0 Å². The summed E-state index contributed by atoms with van der Waals surface area (Å²) >= 11 is 0. The zero-order valence-corrected chi connectivity index (χ0v) is 19.0. The first-order valence-electron chi connectivity index (χ1n) is 11.1. The molecule has 0 spiro atoms. The van der Waals surface area contributed by atoms with Gasteiger partial charge in [0.25, 0.3) is 5.91 Å². The van der Waals surface area contributed by atoms with Gasteiger partial charge in [-0.2, -0.15) is 5.26 Å². The van der Waals surface area contributed by atoms with E-state index in [2.05, 4.69) is 46.3 Å². The van der Waals surface area contributed by atoms with Crippen molar-refractivity contribution in [3.63, 3.8) is 0 Å². The standard InChI is InChI=1S/C25H32N4O3/c1-20-6-5-7-22(16-20)29-14-12-28(13-15-29)11-4-3-10-27-25(30)19-32-23-9-8-21(18-26)17-24(23)31-2/h5-9,16-17H,3-4,10-15,19H2,1-2H3,(H,27,30). The second-order valence-electron chi connectivity index (χ2n) is 7.99. The molecule has 170 valence electrons. The fourth-order valence-electron chi connectivity index (χ4n) is 3.79. The third-order valence-electron chi connectivity index (χ3n) is 5.61. The summed E-state index contributed by atoms with van der Waals surface area (Å²) in [7, 11) is 1.51. The maximum Gasteiger partial charge on any atom is 0.257 e. The van der Waals surface area contributed by atoms with Crippen LogP contribution in [0.4, 0.5) is 5.69 Å². The number of amides is 1. The molecule has 1 fully saturated rings. The molecule has 1 saturated heterocycles. The van der Waals surface area contributed by atoms with Gasteiger partial charge in [0.2, 0.25) is 0 Å². The first kappa shape index (κ1) is 23.4. The number of piperazine rings is 1. The predicted molar refractivity (Wildman–Crippen MR) is 125 cm³/mol. The highest BCUT2D eigenvalue weighted by Gasteiger charge is 2.16. The summed E-state index contributed by atoms with van der Waals surface area (Å²) in [5.74, 6) is 0.731. The minimum atomic E-state index is -0.164. The monoisotopic (exact) mass is 436 g/mol. The minimum absolute atomic E-state index is 0.0802. The molecule has 2 aromatic carbocycles. The Morgan fingerprint density at radius 1 is 1.09 bits per heavy atom. The molecule has 1 heterocycles. The number of hydrogen-bond donors (Lipinski definition) is 1. The van der Waals surface area contributed by atoms with E-state index in [1.807, 2.05) is 6.07 Å². The summed E-state index contributed by atoms with van der Waals surface area (Å²) in [5.41, 5.74) is 3.09. The van der Waals surface area contributed by atoms with E-state index in [1.165, 1.54) is 18.4 Å². The number of aryl methyl sites for hydroxylation is 1. The first-order valence-corrected chi connectivity index (χ1v) is 11.1. The van der Waals surface area contributed by atoms with Crippen molar-refractivity contribution >= 4 is 11.6 Å². The molecule has 0 atom stereocenters. The fourth-order valence-corrected chi connectivity index (χ4v) is 3.79. The summed E-state index contributed by atoms with van der Waals surface area (Å²) in [4.78, 5) is 17.0. The number of methoxy groups -OCH3 is 1. The topological polar surface area (TPSA) is 77.8 Å². The lowest BCUT2D eigenvalue weighted by Crippen LogP contribution is -2.46. The van der Waals surface area contributed by atoms with Gasteiger partial charge >= 0.3 is 0 Å². The number of hydrogen-bond acceptors (Lipinski definition) is 6. The summed E-state index contributed by atoms with van der Waals surface area (Å²) in [6.45, 7) is 7.98. The predicted octanol–water partition coefficient (Wildman–Crippen LogP) is 2.97. The number of benzene rings is 2. The van der Waals surface area contributed by atoms with Gasteiger partial charge in [-0.15, -0.1) is 0 Å². The highest BCUT2D eigenvalue weighted by molar-refractivity contribution is 5.77. The third kappa shape index (κ3) is 6.89. The first-order chi connectivity index (χ1) is 15.6. The zero-order chi connectivity index (χ0) is 22.8. The van der Waals surface area contributed by atoms with Crippen molar-refractivity contribution in [3.05, 3.63) is 53.6 Å². The average molecular weight is 437 g/mol. The molecule has 0 aromatic heterocycles. The molecule has 7 nitrogen and oxygen atoms in total. The van der Waals surface area contributed by atoms with Gasteiger partial charge < -0.3 is 19.7 Å². The number of unbranched alkanes of at least 4 members (excludes halogenated alkanes) is 1. The SMILES string of the molecule is COc1cc(C#N)ccc1OCC(=O)NCCCCN1CCN(c2cccc(C)c2)CC1. The van der Waals surface area contributed by atoms with E-state index < -0.39 is 0 Å². The van der Waals surface area contributed by atoms with Gasteiger partial charge in [0, 0.05) is 44.5 Å². The molecule has 1 aliphatic rings. The van der Waals surface area contributed by atoms with E-state index in [4.69, 9.17) is 14.7 Å². The molecule has 1 aliphatic heterocycles. The number of carbonyl (C=O) groups is 1. The molecule has 0 bridgehead atoms. The number of anilines is 1. The molecule has 0 radical (unpaired) electrons. The van der Waals surface area contributed by atoms with Crippen LogP contribution in [0.5, 0.6) is 11.5 Å². The highest BCUT2D eigenvalue weighted by atomic mass is 16.5. The van der Waals surface area contributed by atoms with Crippen LogP contribution in [0, 0.1) is 18.3 Å². The Balaban J connectivity index is 1.28.